The number of anilines is 2. The van der Waals surface area contributed by atoms with E-state index in [1.165, 1.54) is 83.3 Å². The van der Waals surface area contributed by atoms with Crippen molar-refractivity contribution in [2.45, 2.75) is 89.9 Å². The van der Waals surface area contributed by atoms with Crippen LogP contribution in [0.1, 0.15) is 89.9 Å². The van der Waals surface area contributed by atoms with E-state index < -0.39 is 0 Å². The second kappa shape index (κ2) is 13.1. The van der Waals surface area contributed by atoms with Gasteiger partial charge >= 0.3 is 5.63 Å². The number of nitrogens with one attached hydrogen (secondary N) is 3. The molecule has 4 aromatic rings. The second-order valence-electron chi connectivity index (χ2n) is 17.3. The Morgan fingerprint density at radius 1 is 0.608 bits per heavy atom. The van der Waals surface area contributed by atoms with Crippen molar-refractivity contribution in [1.82, 2.24) is 11.1 Å². The van der Waals surface area contributed by atoms with Crippen LogP contribution >= 0.6 is 0 Å². The average molecular weight is 691 g/mol. The summed E-state index contributed by atoms with van der Waals surface area (Å²) in [6, 6.07) is 14.5. The summed E-state index contributed by atoms with van der Waals surface area (Å²) in [7, 11) is 0. The summed E-state index contributed by atoms with van der Waals surface area (Å²) in [5.74, 6) is 5.31. The number of aromatic nitrogens is 1. The molecule has 9 heteroatoms. The number of aromatic amines is 1. The molecule has 12 rings (SSSR count). The van der Waals surface area contributed by atoms with E-state index in [1.54, 1.807) is 30.5 Å². The number of carbonyl (C=O) groups excluding carboxylic acids is 2. The van der Waals surface area contributed by atoms with Gasteiger partial charge in [-0.2, -0.15) is 0 Å². The van der Waals surface area contributed by atoms with Gasteiger partial charge in [0.15, 0.2) is 0 Å². The van der Waals surface area contributed by atoms with E-state index in [9.17, 15) is 19.2 Å². The number of fused-ring (bicyclic) bond motifs is 2. The maximum Gasteiger partial charge on any atom is 0.343 e. The lowest BCUT2D eigenvalue weighted by molar-refractivity contribution is -0.125. The summed E-state index contributed by atoms with van der Waals surface area (Å²) in [5.41, 5.74) is 1.44. The smallest absolute Gasteiger partial charge is 0.343 e. The van der Waals surface area contributed by atoms with Gasteiger partial charge in [-0.05, 0) is 160 Å². The van der Waals surface area contributed by atoms with Gasteiger partial charge in [-0.3, -0.25) is 14.4 Å². The number of amides is 2. The topological polar surface area (TPSA) is 156 Å². The van der Waals surface area contributed by atoms with Gasteiger partial charge in [0.2, 0.25) is 11.8 Å². The maximum absolute atomic E-state index is 12.8. The zero-order valence-electron chi connectivity index (χ0n) is 29.4. The molecule has 9 nitrogen and oxygen atoms in total. The molecule has 2 aromatic carbocycles. The number of hydrogen-bond donors (Lipinski definition) is 4. The van der Waals surface area contributed by atoms with Crippen LogP contribution in [0.25, 0.3) is 21.5 Å². The van der Waals surface area contributed by atoms with E-state index in [4.69, 9.17) is 4.42 Å². The van der Waals surface area contributed by atoms with E-state index in [2.05, 4.69) is 15.6 Å². The van der Waals surface area contributed by atoms with Gasteiger partial charge in [0, 0.05) is 46.6 Å². The standard InChI is InChI=1S/C21H24N2O2.C21H23NO3.H3N/c24-19(12-21-9-13-6-14(10-21)8-15(7-13)11-21)23-18-3-1-2-17-16(18)4-5-22-20(17)25;23-19(12-21-9-13-6-14(10-21)8-15(7-13)11-21)22-18-3-1-2-17-16(18)4-5-25-20(17)24;/h1-5,13-15H,6-12H2,(H,22,25)(H,23,24);1-5,13-15H,6-12H2,(H,22,23);1H3. The largest absolute Gasteiger partial charge is 0.431 e. The predicted molar refractivity (Wildman–Crippen MR) is 200 cm³/mol. The molecule has 2 heterocycles. The van der Waals surface area contributed by atoms with E-state index in [1.807, 2.05) is 24.3 Å². The molecule has 0 atom stereocenters. The summed E-state index contributed by atoms with van der Waals surface area (Å²) < 4.78 is 4.92. The Kier molecular flexibility index (Phi) is 8.68. The van der Waals surface area contributed by atoms with Gasteiger partial charge in [-0.15, -0.1) is 0 Å². The van der Waals surface area contributed by atoms with Crippen molar-refractivity contribution in [1.29, 1.82) is 0 Å². The summed E-state index contributed by atoms with van der Waals surface area (Å²) in [6.45, 7) is 0. The number of pyridine rings is 1. The first-order valence-electron chi connectivity index (χ1n) is 18.9. The van der Waals surface area contributed by atoms with Crippen LogP contribution in [0.2, 0.25) is 0 Å². The molecule has 0 aliphatic heterocycles. The Balaban J connectivity index is 0.000000144. The monoisotopic (exact) mass is 690 g/mol. The highest BCUT2D eigenvalue weighted by Crippen LogP contribution is 2.62. The minimum atomic E-state index is -0.366. The molecule has 0 radical (unpaired) electrons. The van der Waals surface area contributed by atoms with Crippen molar-refractivity contribution in [2.24, 2.45) is 46.3 Å². The minimum absolute atomic E-state index is 0. The van der Waals surface area contributed by atoms with Gasteiger partial charge in [0.05, 0.1) is 11.6 Å². The summed E-state index contributed by atoms with van der Waals surface area (Å²) in [4.78, 5) is 52.1. The van der Waals surface area contributed by atoms with Crippen molar-refractivity contribution in [3.63, 3.8) is 0 Å². The van der Waals surface area contributed by atoms with E-state index in [0.717, 1.165) is 52.0 Å². The van der Waals surface area contributed by atoms with Crippen molar-refractivity contribution >= 4 is 44.7 Å². The molecule has 8 fully saturated rings. The summed E-state index contributed by atoms with van der Waals surface area (Å²) in [6.07, 6.45) is 20.0. The Labute approximate surface area is 297 Å². The lowest BCUT2D eigenvalue weighted by Crippen LogP contribution is -2.47. The Morgan fingerprint density at radius 3 is 1.51 bits per heavy atom. The highest BCUT2D eigenvalue weighted by atomic mass is 16.4. The highest BCUT2D eigenvalue weighted by Gasteiger charge is 2.52. The third kappa shape index (κ3) is 6.54. The molecule has 2 aromatic heterocycles. The zero-order chi connectivity index (χ0) is 34.0. The first kappa shape index (κ1) is 33.9. The van der Waals surface area contributed by atoms with Crippen LogP contribution in [-0.4, -0.2) is 16.8 Å². The van der Waals surface area contributed by atoms with Crippen LogP contribution in [-0.2, 0) is 9.59 Å². The van der Waals surface area contributed by atoms with Crippen molar-refractivity contribution < 1.29 is 14.0 Å². The normalized spacial score (nSPS) is 32.2. The zero-order valence-corrected chi connectivity index (χ0v) is 29.4. The number of rotatable bonds is 6. The quantitative estimate of drug-likeness (QED) is 0.159. The van der Waals surface area contributed by atoms with Gasteiger partial charge in [0.25, 0.3) is 5.56 Å². The van der Waals surface area contributed by atoms with Gasteiger partial charge < -0.3 is 26.2 Å². The first-order chi connectivity index (χ1) is 24.2. The molecule has 268 valence electrons. The first-order valence-corrected chi connectivity index (χ1v) is 18.9. The number of hydrogen-bond acceptors (Lipinski definition) is 6. The Morgan fingerprint density at radius 2 is 1.04 bits per heavy atom. The van der Waals surface area contributed by atoms with Crippen LogP contribution in [0.4, 0.5) is 11.4 Å². The van der Waals surface area contributed by atoms with Gasteiger partial charge in [-0.1, -0.05) is 12.1 Å². The molecule has 8 saturated carbocycles. The lowest BCUT2D eigenvalue weighted by Gasteiger charge is -2.56. The highest BCUT2D eigenvalue weighted by molar-refractivity contribution is 6.02. The van der Waals surface area contributed by atoms with Crippen LogP contribution in [0.3, 0.4) is 0 Å². The summed E-state index contributed by atoms with van der Waals surface area (Å²) in [5, 5.41) is 8.85. The van der Waals surface area contributed by atoms with Crippen molar-refractivity contribution in [3.05, 3.63) is 81.8 Å². The Bertz CT molecular complexity index is 1880. The van der Waals surface area contributed by atoms with Crippen LogP contribution < -0.4 is 28.0 Å². The van der Waals surface area contributed by atoms with E-state index in [0.29, 0.717) is 29.3 Å². The molecule has 2 amide bonds. The fourth-order valence-electron chi connectivity index (χ4n) is 12.7. The molecule has 0 saturated heterocycles. The van der Waals surface area contributed by atoms with Gasteiger partial charge in [-0.25, -0.2) is 4.79 Å². The fourth-order valence-corrected chi connectivity index (χ4v) is 12.7. The Hall–Kier alpha value is -4.24. The SMILES string of the molecule is N.O=C(CC12CC3CC(CC(C3)C1)C2)Nc1cccc2c(=O)[nH]ccc12.O=C(CC12CC3CC(CC(C3)C1)C2)Nc1cccc2c(=O)occc12. The molecule has 8 bridgehead atoms. The third-order valence-electron chi connectivity index (χ3n) is 13.5. The van der Waals surface area contributed by atoms with Crippen molar-refractivity contribution in [2.75, 3.05) is 10.6 Å². The van der Waals surface area contributed by atoms with Crippen molar-refractivity contribution in [3.8, 4) is 0 Å². The van der Waals surface area contributed by atoms with E-state index >= 15 is 0 Å². The second-order valence-corrected chi connectivity index (χ2v) is 17.3. The molecule has 0 unspecified atom stereocenters. The minimum Gasteiger partial charge on any atom is -0.431 e. The molecule has 8 aliphatic rings. The van der Waals surface area contributed by atoms with E-state index in [-0.39, 0.29) is 40.0 Å². The molecule has 51 heavy (non-hydrogen) atoms. The average Bonchev–Trinajstić information content (AvgIpc) is 3.04. The molecule has 0 spiro atoms. The lowest BCUT2D eigenvalue weighted by atomic mass is 9.49. The summed E-state index contributed by atoms with van der Waals surface area (Å²) >= 11 is 0. The third-order valence-corrected chi connectivity index (χ3v) is 13.5. The number of benzene rings is 2. The van der Waals surface area contributed by atoms with Crippen LogP contribution in [0.5, 0.6) is 0 Å². The van der Waals surface area contributed by atoms with Gasteiger partial charge in [0.1, 0.15) is 0 Å². The van der Waals surface area contributed by atoms with Crippen LogP contribution in [0, 0.1) is 46.3 Å². The molecule has 8 aliphatic carbocycles. The fraction of sp³-hybridized carbons (Fsp3) is 0.524. The number of H-pyrrole nitrogens is 1. The molecular weight excluding hydrogens is 640 g/mol. The maximum atomic E-state index is 12.8. The van der Waals surface area contributed by atoms with Crippen LogP contribution in [0.15, 0.2) is 75.0 Å². The predicted octanol–water partition coefficient (Wildman–Crippen LogP) is 8.57. The molecular formula is C42H50N4O5. The number of carbonyl (C=O) groups is 2. The molecule has 6 N–H and O–H groups in total.